The van der Waals surface area contributed by atoms with E-state index in [-0.39, 0.29) is 36.1 Å². The molecule has 29 heavy (non-hydrogen) atoms. The van der Waals surface area contributed by atoms with E-state index in [1.165, 1.54) is 12.1 Å². The van der Waals surface area contributed by atoms with Crippen LogP contribution >= 0.6 is 0 Å². The first-order chi connectivity index (χ1) is 13.8. The molecule has 2 aliphatic rings. The fourth-order valence-corrected chi connectivity index (χ4v) is 3.76. The molecule has 1 amide bonds. The van der Waals surface area contributed by atoms with Crippen LogP contribution in [0.15, 0.2) is 12.1 Å². The van der Waals surface area contributed by atoms with Crippen LogP contribution in [0, 0.1) is 5.92 Å². The fourth-order valence-electron chi connectivity index (χ4n) is 3.76. The summed E-state index contributed by atoms with van der Waals surface area (Å²) in [4.78, 5) is 25.7. The Morgan fingerprint density at radius 1 is 1.21 bits per heavy atom. The third-order valence-electron chi connectivity index (χ3n) is 5.53. The number of rotatable bonds is 8. The number of carboxylic acids is 1. The largest absolute Gasteiger partial charge is 0.507 e. The summed E-state index contributed by atoms with van der Waals surface area (Å²) in [7, 11) is -1.54. The summed E-state index contributed by atoms with van der Waals surface area (Å²) in [5.74, 6) is -1.23. The molecule has 0 atom stereocenters. The lowest BCUT2D eigenvalue weighted by Crippen LogP contribution is -2.56. The second-order valence-corrected chi connectivity index (χ2v) is 7.71. The van der Waals surface area contributed by atoms with Gasteiger partial charge in [0.25, 0.3) is 0 Å². The zero-order chi connectivity index (χ0) is 21.0. The zero-order valence-electron chi connectivity index (χ0n) is 16.2. The molecule has 2 aliphatic heterocycles. The van der Waals surface area contributed by atoms with Gasteiger partial charge in [0.15, 0.2) is 0 Å². The van der Waals surface area contributed by atoms with Gasteiger partial charge in [-0.1, -0.05) is 6.07 Å². The maximum absolute atomic E-state index is 12.4. The van der Waals surface area contributed by atoms with Gasteiger partial charge in [0, 0.05) is 6.42 Å². The number of piperidine rings is 1. The third kappa shape index (κ3) is 5.40. The second kappa shape index (κ2) is 9.47. The highest BCUT2D eigenvalue weighted by Gasteiger charge is 2.34. The number of nitrogens with zero attached hydrogens (tertiary/aromatic N) is 1. The number of likely N-dealkylation sites (tertiary alicyclic amines) is 1. The van der Waals surface area contributed by atoms with Gasteiger partial charge < -0.3 is 35.2 Å². The Labute approximate surface area is 169 Å². The minimum atomic E-state index is -1.54. The van der Waals surface area contributed by atoms with Gasteiger partial charge >= 0.3 is 13.1 Å². The molecular formula is C19H27BN2O7. The van der Waals surface area contributed by atoms with Crippen molar-refractivity contribution >= 4 is 19.0 Å². The van der Waals surface area contributed by atoms with Crippen LogP contribution in [-0.4, -0.2) is 76.4 Å². The van der Waals surface area contributed by atoms with Crippen molar-refractivity contribution in [3.05, 3.63) is 23.3 Å². The monoisotopic (exact) mass is 406 g/mol. The lowest BCUT2D eigenvalue weighted by atomic mass is 9.82. The molecule has 0 spiro atoms. The summed E-state index contributed by atoms with van der Waals surface area (Å²) in [6.45, 7) is 2.67. The Bertz CT molecular complexity index is 746. The van der Waals surface area contributed by atoms with Crippen LogP contribution in [0.1, 0.15) is 35.2 Å². The topological polar surface area (TPSA) is 140 Å². The van der Waals surface area contributed by atoms with Gasteiger partial charge in [0.2, 0.25) is 5.91 Å². The Morgan fingerprint density at radius 2 is 1.90 bits per heavy atom. The fraction of sp³-hybridized carbons (Fsp3) is 0.579. The van der Waals surface area contributed by atoms with E-state index < -0.39 is 18.8 Å². The number of amides is 1. The highest BCUT2D eigenvalue weighted by atomic mass is 16.5. The van der Waals surface area contributed by atoms with Crippen LogP contribution in [0.3, 0.4) is 0 Å². The van der Waals surface area contributed by atoms with E-state index in [2.05, 4.69) is 5.32 Å². The van der Waals surface area contributed by atoms with Crippen molar-refractivity contribution in [3.63, 3.8) is 0 Å². The quantitative estimate of drug-likeness (QED) is 0.383. The summed E-state index contributed by atoms with van der Waals surface area (Å²) >= 11 is 0. The molecule has 0 radical (unpaired) electrons. The standard InChI is InChI=1S/C19H27BN2O7/c23-16(9-12-4-7-21-8-5-12)22-10-14(11-22)29-15-2-1-13(3-6-20(27)28)18(24)17(15)19(25)26/h1-2,12,14,21,24,27-28H,3-11H2,(H,25,26). The third-order valence-corrected chi connectivity index (χ3v) is 5.53. The minimum absolute atomic E-state index is 0.0242. The maximum atomic E-state index is 12.4. The van der Waals surface area contributed by atoms with Gasteiger partial charge in [-0.25, -0.2) is 4.79 Å². The number of ether oxygens (including phenoxy) is 1. The first-order valence-corrected chi connectivity index (χ1v) is 9.94. The highest BCUT2D eigenvalue weighted by Crippen LogP contribution is 2.34. The van der Waals surface area contributed by atoms with Gasteiger partial charge in [-0.15, -0.1) is 0 Å². The molecule has 9 nitrogen and oxygen atoms in total. The van der Waals surface area contributed by atoms with Gasteiger partial charge in [-0.3, -0.25) is 4.79 Å². The smallest absolute Gasteiger partial charge is 0.451 e. The van der Waals surface area contributed by atoms with Crippen molar-refractivity contribution in [1.82, 2.24) is 10.2 Å². The maximum Gasteiger partial charge on any atom is 0.451 e. The van der Waals surface area contributed by atoms with Crippen molar-refractivity contribution in [2.75, 3.05) is 26.2 Å². The number of aromatic carboxylic acids is 1. The lowest BCUT2D eigenvalue weighted by Gasteiger charge is -2.40. The number of carboxylic acid groups (broad SMARTS) is 1. The van der Waals surface area contributed by atoms with Gasteiger partial charge in [-0.2, -0.15) is 0 Å². The second-order valence-electron chi connectivity index (χ2n) is 7.71. The molecule has 5 N–H and O–H groups in total. The van der Waals surface area contributed by atoms with Crippen molar-refractivity contribution in [2.45, 2.75) is 38.1 Å². The van der Waals surface area contributed by atoms with E-state index in [1.54, 1.807) is 4.90 Å². The van der Waals surface area contributed by atoms with E-state index in [0.717, 1.165) is 25.9 Å². The van der Waals surface area contributed by atoms with Crippen LogP contribution < -0.4 is 10.1 Å². The molecule has 0 aliphatic carbocycles. The van der Waals surface area contributed by atoms with E-state index in [4.69, 9.17) is 14.8 Å². The van der Waals surface area contributed by atoms with Crippen molar-refractivity contribution in [3.8, 4) is 11.5 Å². The number of nitrogens with one attached hydrogen (secondary N) is 1. The molecule has 0 saturated carbocycles. The first kappa shape index (κ1) is 21.4. The molecule has 2 saturated heterocycles. The van der Waals surface area contributed by atoms with E-state index in [0.29, 0.717) is 31.0 Å². The summed E-state index contributed by atoms with van der Waals surface area (Å²) in [6, 6.07) is 2.97. The predicted octanol–water partition coefficient (Wildman–Crippen LogP) is 0.0850. The van der Waals surface area contributed by atoms with Gasteiger partial charge in [-0.05, 0) is 56.2 Å². The predicted molar refractivity (Wildman–Crippen MR) is 105 cm³/mol. The molecule has 0 bridgehead atoms. The molecule has 10 heteroatoms. The molecular weight excluding hydrogens is 379 g/mol. The number of hydrogen-bond donors (Lipinski definition) is 5. The van der Waals surface area contributed by atoms with E-state index in [1.807, 2.05) is 0 Å². The van der Waals surface area contributed by atoms with Crippen molar-refractivity contribution < 1.29 is 34.6 Å². The van der Waals surface area contributed by atoms with E-state index in [9.17, 15) is 19.8 Å². The average molecular weight is 406 g/mol. The van der Waals surface area contributed by atoms with Gasteiger partial charge in [0.05, 0.1) is 13.1 Å². The Kier molecular flexibility index (Phi) is 6.99. The van der Waals surface area contributed by atoms with Crippen molar-refractivity contribution in [2.24, 2.45) is 5.92 Å². The number of carbonyl (C=O) groups is 2. The first-order valence-electron chi connectivity index (χ1n) is 9.94. The number of hydrogen-bond acceptors (Lipinski definition) is 7. The summed E-state index contributed by atoms with van der Waals surface area (Å²) < 4.78 is 5.73. The van der Waals surface area contributed by atoms with Crippen molar-refractivity contribution in [1.29, 1.82) is 0 Å². The Hall–Kier alpha value is -2.30. The Balaban J connectivity index is 1.57. The zero-order valence-corrected chi connectivity index (χ0v) is 16.2. The number of carbonyl (C=O) groups excluding carboxylic acids is 1. The molecule has 2 heterocycles. The SMILES string of the molecule is O=C(O)c1c(OC2CN(C(=O)CC3CCNCC3)C2)ccc(CCB(O)O)c1O. The number of benzene rings is 1. The molecule has 3 rings (SSSR count). The molecule has 0 unspecified atom stereocenters. The number of phenols is 1. The lowest BCUT2D eigenvalue weighted by molar-refractivity contribution is -0.141. The summed E-state index contributed by atoms with van der Waals surface area (Å²) in [6.07, 6.45) is 2.30. The Morgan fingerprint density at radius 3 is 2.52 bits per heavy atom. The molecule has 0 aromatic heterocycles. The van der Waals surface area contributed by atoms with Gasteiger partial charge in [0.1, 0.15) is 23.2 Å². The van der Waals surface area contributed by atoms with Crippen LogP contribution in [0.2, 0.25) is 6.32 Å². The van der Waals surface area contributed by atoms with Crippen LogP contribution in [0.4, 0.5) is 0 Å². The molecule has 1 aromatic rings. The van der Waals surface area contributed by atoms with Crippen LogP contribution in [0.25, 0.3) is 0 Å². The summed E-state index contributed by atoms with van der Waals surface area (Å²) in [5.41, 5.74) is -0.0513. The molecule has 158 valence electrons. The minimum Gasteiger partial charge on any atom is -0.507 e. The number of aromatic hydroxyl groups is 1. The normalized spacial score (nSPS) is 17.7. The van der Waals surface area contributed by atoms with E-state index >= 15 is 0 Å². The number of aryl methyl sites for hydroxylation is 1. The average Bonchev–Trinajstić information content (AvgIpc) is 2.63. The molecule has 2 fully saturated rings. The summed E-state index contributed by atoms with van der Waals surface area (Å²) in [5, 5.41) is 41.0. The van der Waals surface area contributed by atoms with Crippen LogP contribution in [-0.2, 0) is 11.2 Å². The van der Waals surface area contributed by atoms with Crippen LogP contribution in [0.5, 0.6) is 11.5 Å². The molecule has 1 aromatic carbocycles. The highest BCUT2D eigenvalue weighted by molar-refractivity contribution is 6.41.